The van der Waals surface area contributed by atoms with Crippen molar-refractivity contribution in [3.8, 4) is 0 Å². The Kier molecular flexibility index (Phi) is 2.71. The molecule has 5 heteroatoms. The number of hydrogen-bond acceptors (Lipinski definition) is 4. The first-order chi connectivity index (χ1) is 8.83. The third kappa shape index (κ3) is 1.66. The number of fused-ring (bicyclic) bond motifs is 3. The monoisotopic (exact) mass is 296 g/mol. The minimum absolute atomic E-state index is 0.528. The summed E-state index contributed by atoms with van der Waals surface area (Å²) < 4.78 is 0.862. The number of thioether (sulfide) groups is 1. The molecule has 1 aromatic heterocycles. The van der Waals surface area contributed by atoms with Gasteiger partial charge in [-0.2, -0.15) is 0 Å². The second kappa shape index (κ2) is 4.29. The van der Waals surface area contributed by atoms with Crippen LogP contribution in [0.25, 0.3) is 5.70 Å². The topological polar surface area (TPSA) is 15.6 Å². The number of hydrogen-bond donors (Lipinski definition) is 0. The minimum atomic E-state index is 0.528. The molecule has 0 bridgehead atoms. The van der Waals surface area contributed by atoms with Crippen molar-refractivity contribution >= 4 is 45.6 Å². The smallest absolute Gasteiger partial charge is 0.168 e. The van der Waals surface area contributed by atoms with Crippen LogP contribution in [0.15, 0.2) is 22.5 Å². The van der Waals surface area contributed by atoms with Crippen LogP contribution in [0.2, 0.25) is 4.34 Å². The predicted molar refractivity (Wildman–Crippen MR) is 80.2 cm³/mol. The van der Waals surface area contributed by atoms with Gasteiger partial charge in [-0.05, 0) is 25.0 Å². The maximum absolute atomic E-state index is 6.05. The minimum Gasteiger partial charge on any atom is -0.314 e. The molecule has 2 aliphatic heterocycles. The molecule has 0 saturated heterocycles. The van der Waals surface area contributed by atoms with Gasteiger partial charge in [-0.3, -0.25) is 4.99 Å². The summed E-state index contributed by atoms with van der Waals surface area (Å²) in [5.41, 5.74) is 1.31. The van der Waals surface area contributed by atoms with Gasteiger partial charge in [-0.25, -0.2) is 0 Å². The van der Waals surface area contributed by atoms with Crippen LogP contribution >= 0.6 is 34.7 Å². The van der Waals surface area contributed by atoms with Crippen molar-refractivity contribution in [2.45, 2.75) is 37.8 Å². The van der Waals surface area contributed by atoms with E-state index in [4.69, 9.17) is 16.6 Å². The number of thiophene rings is 1. The molecule has 3 heterocycles. The van der Waals surface area contributed by atoms with Crippen molar-refractivity contribution in [1.82, 2.24) is 4.90 Å². The quantitative estimate of drug-likeness (QED) is 0.762. The molecular weight excluding hydrogens is 284 g/mol. The van der Waals surface area contributed by atoms with Gasteiger partial charge in [0.25, 0.3) is 0 Å². The van der Waals surface area contributed by atoms with Gasteiger partial charge in [0.05, 0.1) is 27.0 Å². The Morgan fingerprint density at radius 3 is 3.00 bits per heavy atom. The molecule has 18 heavy (non-hydrogen) atoms. The van der Waals surface area contributed by atoms with Gasteiger partial charge in [0.2, 0.25) is 0 Å². The van der Waals surface area contributed by atoms with Gasteiger partial charge in [0, 0.05) is 5.41 Å². The summed E-state index contributed by atoms with van der Waals surface area (Å²) in [4.78, 5) is 8.60. The highest BCUT2D eigenvalue weighted by atomic mass is 35.5. The van der Waals surface area contributed by atoms with Gasteiger partial charge in [-0.1, -0.05) is 36.2 Å². The zero-order valence-corrected chi connectivity index (χ0v) is 12.2. The third-order valence-electron chi connectivity index (χ3n) is 3.87. The first-order valence-corrected chi connectivity index (χ1v) is 8.40. The fourth-order valence-electron chi connectivity index (χ4n) is 3.05. The molecule has 1 fully saturated rings. The van der Waals surface area contributed by atoms with E-state index < -0.39 is 0 Å². The van der Waals surface area contributed by atoms with Crippen LogP contribution in [0.3, 0.4) is 0 Å². The summed E-state index contributed by atoms with van der Waals surface area (Å²) in [6.07, 6.45) is 5.20. The Bertz CT molecular complexity index is 549. The summed E-state index contributed by atoms with van der Waals surface area (Å²) >= 11 is 9.48. The molecule has 1 saturated carbocycles. The Hall–Kier alpha value is -0.450. The Labute approximate surface area is 120 Å². The normalized spacial score (nSPS) is 29.9. The van der Waals surface area contributed by atoms with Crippen molar-refractivity contribution in [3.05, 3.63) is 26.8 Å². The molecular formula is C13H13ClN2S2. The fourth-order valence-corrected chi connectivity index (χ4v) is 5.18. The van der Waals surface area contributed by atoms with E-state index >= 15 is 0 Å². The summed E-state index contributed by atoms with van der Waals surface area (Å²) in [6.45, 7) is 0. The van der Waals surface area contributed by atoms with Gasteiger partial charge in [0.15, 0.2) is 5.17 Å². The lowest BCUT2D eigenvalue weighted by molar-refractivity contribution is 0.306. The van der Waals surface area contributed by atoms with Crippen LogP contribution in [-0.2, 0) is 0 Å². The first-order valence-electron chi connectivity index (χ1n) is 6.32. The molecule has 0 radical (unpaired) electrons. The summed E-state index contributed by atoms with van der Waals surface area (Å²) in [5.74, 6) is 0. The number of aliphatic imine (C=N–C) groups is 1. The lowest BCUT2D eigenvalue weighted by Gasteiger charge is -2.31. The zero-order valence-electron chi connectivity index (χ0n) is 9.80. The molecule has 2 nitrogen and oxygen atoms in total. The number of amidine groups is 1. The van der Waals surface area contributed by atoms with Crippen molar-refractivity contribution in [3.63, 3.8) is 0 Å². The van der Waals surface area contributed by atoms with Crippen LogP contribution in [0.5, 0.6) is 0 Å². The van der Waals surface area contributed by atoms with Crippen molar-refractivity contribution in [1.29, 1.82) is 0 Å². The Morgan fingerprint density at radius 2 is 2.17 bits per heavy atom. The molecule has 94 valence electrons. The van der Waals surface area contributed by atoms with E-state index in [2.05, 4.69) is 16.4 Å². The second-order valence-electron chi connectivity index (χ2n) is 4.93. The lowest BCUT2D eigenvalue weighted by atomic mass is 9.90. The standard InChI is InChI=1S/C13H13ClN2S2/c14-12-6-5-11(18-12)10-7-17-13-15-8-3-1-2-4-9(8)16(10)13/h5-9H,1-4H2/t8-,9-/m0/s1. The Balaban J connectivity index is 1.69. The summed E-state index contributed by atoms with van der Waals surface area (Å²) in [5, 5.41) is 3.43. The highest BCUT2D eigenvalue weighted by Gasteiger charge is 2.42. The van der Waals surface area contributed by atoms with Gasteiger partial charge >= 0.3 is 0 Å². The van der Waals surface area contributed by atoms with E-state index in [9.17, 15) is 0 Å². The van der Waals surface area contributed by atoms with Gasteiger partial charge < -0.3 is 4.90 Å². The van der Waals surface area contributed by atoms with Gasteiger partial charge in [-0.15, -0.1) is 11.3 Å². The fraction of sp³-hybridized carbons (Fsp3) is 0.462. The SMILES string of the molecule is Clc1ccc(C2=CSC3=N[C@H]4CCCC[C@@H]4N23)s1. The average Bonchev–Trinajstić information content (AvgIpc) is 3.02. The number of halogens is 1. The largest absolute Gasteiger partial charge is 0.314 e. The highest BCUT2D eigenvalue weighted by Crippen LogP contribution is 2.45. The van der Waals surface area contributed by atoms with Crippen LogP contribution in [0.1, 0.15) is 30.6 Å². The van der Waals surface area contributed by atoms with E-state index in [0.717, 1.165) is 4.34 Å². The molecule has 0 amide bonds. The van der Waals surface area contributed by atoms with Crippen LogP contribution < -0.4 is 0 Å². The van der Waals surface area contributed by atoms with Crippen molar-refractivity contribution in [2.75, 3.05) is 0 Å². The van der Waals surface area contributed by atoms with Crippen molar-refractivity contribution in [2.24, 2.45) is 4.99 Å². The maximum atomic E-state index is 6.05. The van der Waals surface area contributed by atoms with Crippen LogP contribution in [0.4, 0.5) is 0 Å². The van der Waals surface area contributed by atoms with E-state index in [1.807, 2.05) is 6.07 Å². The molecule has 4 rings (SSSR count). The lowest BCUT2D eigenvalue weighted by Crippen LogP contribution is -2.37. The first kappa shape index (κ1) is 11.4. The molecule has 3 aliphatic rings. The zero-order chi connectivity index (χ0) is 12.1. The van der Waals surface area contributed by atoms with Crippen molar-refractivity contribution < 1.29 is 0 Å². The van der Waals surface area contributed by atoms with Gasteiger partial charge in [0.1, 0.15) is 0 Å². The molecule has 0 spiro atoms. The molecule has 0 aromatic carbocycles. The molecule has 0 unspecified atom stereocenters. The van der Waals surface area contributed by atoms with Crippen LogP contribution in [-0.4, -0.2) is 22.2 Å². The molecule has 2 atom stereocenters. The van der Waals surface area contributed by atoms with E-state index in [1.165, 1.54) is 41.4 Å². The van der Waals surface area contributed by atoms with E-state index in [-0.39, 0.29) is 0 Å². The summed E-state index contributed by atoms with van der Waals surface area (Å²) in [6, 6.07) is 5.23. The number of rotatable bonds is 1. The van der Waals surface area contributed by atoms with Crippen LogP contribution in [0, 0.1) is 0 Å². The average molecular weight is 297 g/mol. The molecule has 0 N–H and O–H groups in total. The Morgan fingerprint density at radius 1 is 1.28 bits per heavy atom. The summed E-state index contributed by atoms with van der Waals surface area (Å²) in [7, 11) is 0. The maximum Gasteiger partial charge on any atom is 0.168 e. The highest BCUT2D eigenvalue weighted by molar-refractivity contribution is 8.16. The van der Waals surface area contributed by atoms with E-state index in [1.54, 1.807) is 23.1 Å². The second-order valence-corrected chi connectivity index (χ2v) is 7.48. The predicted octanol–water partition coefficient (Wildman–Crippen LogP) is 4.43. The van der Waals surface area contributed by atoms with E-state index in [0.29, 0.717) is 12.1 Å². The number of nitrogens with zero attached hydrogens (tertiary/aromatic N) is 2. The molecule has 1 aliphatic carbocycles. The third-order valence-corrected chi connectivity index (χ3v) is 5.98. The molecule has 1 aromatic rings.